The van der Waals surface area contributed by atoms with Crippen LogP contribution in [-0.4, -0.2) is 12.6 Å². The van der Waals surface area contributed by atoms with Crippen LogP contribution in [0.15, 0.2) is 48.5 Å². The maximum absolute atomic E-state index is 13.6. The summed E-state index contributed by atoms with van der Waals surface area (Å²) in [6.45, 7) is 2.04. The Morgan fingerprint density at radius 1 is 1.11 bits per heavy atom. The summed E-state index contributed by atoms with van der Waals surface area (Å²) in [6.07, 6.45) is 0. The lowest BCUT2D eigenvalue weighted by Gasteiger charge is -2.11. The van der Waals surface area contributed by atoms with Crippen LogP contribution >= 0.6 is 0 Å². The third kappa shape index (κ3) is 3.10. The standard InChI is InChI=1S/C15H14FNO2/c1-2-19-15(18)11-7-3-5-9-13(11)17-14-10-6-4-8-12(14)16/h3-10,17H,2H2,1H3. The van der Waals surface area contributed by atoms with Gasteiger partial charge in [-0.2, -0.15) is 0 Å². The van der Waals surface area contributed by atoms with Crippen LogP contribution in [0.1, 0.15) is 17.3 Å². The predicted octanol–water partition coefficient (Wildman–Crippen LogP) is 3.75. The predicted molar refractivity (Wildman–Crippen MR) is 72.1 cm³/mol. The lowest BCUT2D eigenvalue weighted by Crippen LogP contribution is -2.08. The van der Waals surface area contributed by atoms with Gasteiger partial charge in [0.25, 0.3) is 0 Å². The topological polar surface area (TPSA) is 38.3 Å². The van der Waals surface area contributed by atoms with Crippen molar-refractivity contribution in [2.45, 2.75) is 6.92 Å². The Bertz CT molecular complexity index is 584. The summed E-state index contributed by atoms with van der Waals surface area (Å²) in [5.41, 5.74) is 1.22. The molecule has 0 aliphatic rings. The average Bonchev–Trinajstić information content (AvgIpc) is 2.42. The van der Waals surface area contributed by atoms with Gasteiger partial charge in [0.05, 0.1) is 23.5 Å². The van der Waals surface area contributed by atoms with Crippen LogP contribution in [-0.2, 0) is 4.74 Å². The zero-order chi connectivity index (χ0) is 13.7. The summed E-state index contributed by atoms with van der Waals surface area (Å²) in [7, 11) is 0. The minimum absolute atomic E-state index is 0.298. The molecule has 0 unspecified atom stereocenters. The first-order valence-corrected chi connectivity index (χ1v) is 6.00. The third-order valence-corrected chi connectivity index (χ3v) is 2.57. The summed E-state index contributed by atoms with van der Waals surface area (Å²) >= 11 is 0. The van der Waals surface area contributed by atoms with Crippen LogP contribution in [0.25, 0.3) is 0 Å². The first-order chi connectivity index (χ1) is 9.22. The Morgan fingerprint density at radius 3 is 2.42 bits per heavy atom. The van der Waals surface area contributed by atoms with E-state index in [0.29, 0.717) is 23.5 Å². The molecule has 98 valence electrons. The van der Waals surface area contributed by atoms with E-state index in [1.54, 1.807) is 49.4 Å². The quantitative estimate of drug-likeness (QED) is 0.850. The lowest BCUT2D eigenvalue weighted by molar-refractivity contribution is 0.0527. The monoisotopic (exact) mass is 259 g/mol. The van der Waals surface area contributed by atoms with Crippen LogP contribution in [0.5, 0.6) is 0 Å². The van der Waals surface area contributed by atoms with E-state index in [0.717, 1.165) is 0 Å². The average molecular weight is 259 g/mol. The highest BCUT2D eigenvalue weighted by atomic mass is 19.1. The molecule has 0 fully saturated rings. The van der Waals surface area contributed by atoms with E-state index in [-0.39, 0.29) is 5.82 Å². The molecule has 0 heterocycles. The van der Waals surface area contributed by atoms with Crippen molar-refractivity contribution in [3.63, 3.8) is 0 Å². The van der Waals surface area contributed by atoms with Crippen LogP contribution in [0.3, 0.4) is 0 Å². The second-order valence-corrected chi connectivity index (χ2v) is 3.87. The highest BCUT2D eigenvalue weighted by molar-refractivity contribution is 5.96. The summed E-state index contributed by atoms with van der Waals surface area (Å²) in [5, 5.41) is 2.90. The van der Waals surface area contributed by atoms with E-state index < -0.39 is 5.97 Å². The Hall–Kier alpha value is -2.36. The number of carbonyl (C=O) groups excluding carboxylic acids is 1. The molecule has 2 aromatic rings. The van der Waals surface area contributed by atoms with Gasteiger partial charge < -0.3 is 10.1 Å². The molecular formula is C15H14FNO2. The van der Waals surface area contributed by atoms with Gasteiger partial charge in [-0.05, 0) is 31.2 Å². The fourth-order valence-electron chi connectivity index (χ4n) is 1.69. The molecule has 0 aromatic heterocycles. The van der Waals surface area contributed by atoms with Gasteiger partial charge in [-0.3, -0.25) is 0 Å². The zero-order valence-corrected chi connectivity index (χ0v) is 10.5. The van der Waals surface area contributed by atoms with Crippen LogP contribution in [0.4, 0.5) is 15.8 Å². The largest absolute Gasteiger partial charge is 0.462 e. The van der Waals surface area contributed by atoms with E-state index in [4.69, 9.17) is 4.74 Å². The molecule has 0 spiro atoms. The maximum atomic E-state index is 13.6. The first kappa shape index (κ1) is 13.1. The van der Waals surface area contributed by atoms with Crippen molar-refractivity contribution < 1.29 is 13.9 Å². The molecule has 2 aromatic carbocycles. The number of halogens is 1. The number of esters is 1. The summed E-state index contributed by atoms with van der Waals surface area (Å²) in [4.78, 5) is 11.8. The SMILES string of the molecule is CCOC(=O)c1ccccc1Nc1ccccc1F. The molecule has 0 atom stereocenters. The van der Waals surface area contributed by atoms with Crippen molar-refractivity contribution in [3.05, 3.63) is 59.9 Å². The third-order valence-electron chi connectivity index (χ3n) is 2.57. The van der Waals surface area contributed by atoms with Crippen molar-refractivity contribution in [2.75, 3.05) is 11.9 Å². The Morgan fingerprint density at radius 2 is 1.74 bits per heavy atom. The number of rotatable bonds is 4. The molecule has 2 rings (SSSR count). The molecule has 0 bridgehead atoms. The highest BCUT2D eigenvalue weighted by Crippen LogP contribution is 2.23. The van der Waals surface area contributed by atoms with E-state index >= 15 is 0 Å². The smallest absolute Gasteiger partial charge is 0.340 e. The second kappa shape index (κ2) is 6.00. The molecule has 19 heavy (non-hydrogen) atoms. The van der Waals surface area contributed by atoms with Crippen molar-refractivity contribution in [1.29, 1.82) is 0 Å². The van der Waals surface area contributed by atoms with Gasteiger partial charge in [-0.15, -0.1) is 0 Å². The molecule has 0 aliphatic heterocycles. The molecule has 0 radical (unpaired) electrons. The number of anilines is 2. The van der Waals surface area contributed by atoms with Gasteiger partial charge in [0.1, 0.15) is 5.82 Å². The van der Waals surface area contributed by atoms with Gasteiger partial charge in [0.2, 0.25) is 0 Å². The number of hydrogen-bond donors (Lipinski definition) is 1. The Kier molecular flexibility index (Phi) is 4.13. The Balaban J connectivity index is 2.30. The number of ether oxygens (including phenoxy) is 1. The zero-order valence-electron chi connectivity index (χ0n) is 10.5. The fourth-order valence-corrected chi connectivity index (χ4v) is 1.69. The normalized spacial score (nSPS) is 10.0. The molecule has 1 N–H and O–H groups in total. The first-order valence-electron chi connectivity index (χ1n) is 6.00. The number of benzene rings is 2. The van der Waals surface area contributed by atoms with Crippen LogP contribution in [0, 0.1) is 5.82 Å². The van der Waals surface area contributed by atoms with E-state index in [9.17, 15) is 9.18 Å². The minimum Gasteiger partial charge on any atom is -0.462 e. The van der Waals surface area contributed by atoms with Crippen molar-refractivity contribution in [1.82, 2.24) is 0 Å². The number of para-hydroxylation sites is 2. The molecule has 0 aliphatic carbocycles. The highest BCUT2D eigenvalue weighted by Gasteiger charge is 2.12. The number of hydrogen-bond acceptors (Lipinski definition) is 3. The van der Waals surface area contributed by atoms with Crippen LogP contribution in [0.2, 0.25) is 0 Å². The molecule has 4 heteroatoms. The van der Waals surface area contributed by atoms with E-state index in [1.165, 1.54) is 6.07 Å². The minimum atomic E-state index is -0.429. The van der Waals surface area contributed by atoms with Crippen molar-refractivity contribution in [2.24, 2.45) is 0 Å². The fraction of sp³-hybridized carbons (Fsp3) is 0.133. The molecule has 0 saturated carbocycles. The van der Waals surface area contributed by atoms with Crippen molar-refractivity contribution >= 4 is 17.3 Å². The lowest BCUT2D eigenvalue weighted by atomic mass is 10.1. The molecular weight excluding hydrogens is 245 g/mol. The summed E-state index contributed by atoms with van der Waals surface area (Å²) in [6, 6.07) is 13.1. The van der Waals surface area contributed by atoms with Gasteiger partial charge in [0.15, 0.2) is 0 Å². The van der Waals surface area contributed by atoms with Gasteiger partial charge in [-0.25, -0.2) is 9.18 Å². The molecule has 0 amide bonds. The van der Waals surface area contributed by atoms with Gasteiger partial charge in [-0.1, -0.05) is 24.3 Å². The maximum Gasteiger partial charge on any atom is 0.340 e. The summed E-state index contributed by atoms with van der Waals surface area (Å²) < 4.78 is 18.5. The number of nitrogens with one attached hydrogen (secondary N) is 1. The van der Waals surface area contributed by atoms with Gasteiger partial charge in [0, 0.05) is 0 Å². The van der Waals surface area contributed by atoms with Crippen LogP contribution < -0.4 is 5.32 Å². The Labute approximate surface area is 111 Å². The van der Waals surface area contributed by atoms with Gasteiger partial charge >= 0.3 is 5.97 Å². The number of carbonyl (C=O) groups is 1. The van der Waals surface area contributed by atoms with Crippen molar-refractivity contribution in [3.8, 4) is 0 Å². The molecule has 3 nitrogen and oxygen atoms in total. The summed E-state index contributed by atoms with van der Waals surface area (Å²) in [5.74, 6) is -0.803. The van der Waals surface area contributed by atoms with E-state index in [2.05, 4.69) is 5.32 Å². The second-order valence-electron chi connectivity index (χ2n) is 3.87. The molecule has 0 saturated heterocycles. The van der Waals surface area contributed by atoms with E-state index in [1.807, 2.05) is 0 Å².